The fraction of sp³-hybridized carbons (Fsp3) is 0.682. The summed E-state index contributed by atoms with van der Waals surface area (Å²) in [6, 6.07) is 9.21. The topological polar surface area (TPSA) is 93.0 Å². The lowest BCUT2D eigenvalue weighted by Crippen LogP contribution is -2.58. The average Bonchev–Trinajstić information content (AvgIpc) is 2.73. The summed E-state index contributed by atoms with van der Waals surface area (Å²) in [7, 11) is 0.434. The van der Waals surface area contributed by atoms with Crippen molar-refractivity contribution < 1.29 is 19.9 Å². The molecule has 0 saturated carbocycles. The first-order valence-corrected chi connectivity index (χ1v) is 11.1. The SMILES string of the molecule is CN[C@@](CCCCB(O)O)(C(=O)O)C1CCN(C2CCCc3ccccc32)CC1. The lowest BCUT2D eigenvalue weighted by atomic mass is 9.73. The fourth-order valence-corrected chi connectivity index (χ4v) is 5.46. The van der Waals surface area contributed by atoms with Crippen LogP contribution >= 0.6 is 0 Å². The normalized spacial score (nSPS) is 22.7. The minimum atomic E-state index is -1.31. The number of carbonyl (C=O) groups is 1. The number of rotatable bonds is 9. The zero-order valence-electron chi connectivity index (χ0n) is 17.5. The molecule has 2 atom stereocenters. The molecule has 0 radical (unpaired) electrons. The molecule has 0 aromatic heterocycles. The number of carboxylic acid groups (broad SMARTS) is 1. The number of hydrogen-bond acceptors (Lipinski definition) is 5. The molecule has 1 aliphatic carbocycles. The third-order valence-corrected chi connectivity index (χ3v) is 7.12. The second-order valence-electron chi connectivity index (χ2n) is 8.67. The van der Waals surface area contributed by atoms with Gasteiger partial charge in [-0.25, -0.2) is 0 Å². The Bertz CT molecular complexity index is 679. The van der Waals surface area contributed by atoms with Gasteiger partial charge in [0.1, 0.15) is 5.54 Å². The molecule has 160 valence electrons. The third kappa shape index (κ3) is 5.02. The van der Waals surface area contributed by atoms with Gasteiger partial charge in [0.15, 0.2) is 0 Å². The second-order valence-corrected chi connectivity index (χ2v) is 8.67. The van der Waals surface area contributed by atoms with Crippen molar-refractivity contribution >= 4 is 13.1 Å². The molecule has 7 heteroatoms. The van der Waals surface area contributed by atoms with E-state index in [9.17, 15) is 9.90 Å². The van der Waals surface area contributed by atoms with E-state index in [1.165, 1.54) is 24.0 Å². The van der Waals surface area contributed by atoms with Crippen molar-refractivity contribution in [3.05, 3.63) is 35.4 Å². The molecular formula is C22H35BN2O4. The van der Waals surface area contributed by atoms with Crippen LogP contribution in [0.1, 0.15) is 62.1 Å². The molecule has 0 amide bonds. The summed E-state index contributed by atoms with van der Waals surface area (Å²) in [6.45, 7) is 1.85. The Morgan fingerprint density at radius 3 is 2.59 bits per heavy atom. The molecule has 1 aromatic carbocycles. The molecule has 1 heterocycles. The van der Waals surface area contributed by atoms with Gasteiger partial charge >= 0.3 is 13.1 Å². The Balaban J connectivity index is 1.63. The molecule has 1 aromatic rings. The third-order valence-electron chi connectivity index (χ3n) is 7.12. The first kappa shape index (κ1) is 22.3. The van der Waals surface area contributed by atoms with Crippen LogP contribution in [0.2, 0.25) is 6.32 Å². The predicted octanol–water partition coefficient (Wildman–Crippen LogP) is 2.46. The van der Waals surface area contributed by atoms with E-state index in [1.807, 2.05) is 0 Å². The van der Waals surface area contributed by atoms with E-state index in [0.29, 0.717) is 31.6 Å². The molecule has 29 heavy (non-hydrogen) atoms. The molecule has 1 saturated heterocycles. The highest BCUT2D eigenvalue weighted by atomic mass is 16.4. The van der Waals surface area contributed by atoms with Crippen molar-refractivity contribution in [2.75, 3.05) is 20.1 Å². The summed E-state index contributed by atoms with van der Waals surface area (Å²) in [4.78, 5) is 14.8. The van der Waals surface area contributed by atoms with Crippen LogP contribution in [0.4, 0.5) is 0 Å². The molecule has 0 bridgehead atoms. The minimum absolute atomic E-state index is 0.0825. The monoisotopic (exact) mass is 402 g/mol. The van der Waals surface area contributed by atoms with Crippen molar-refractivity contribution in [2.45, 2.75) is 69.3 Å². The number of unbranched alkanes of at least 4 members (excludes halogenated alkanes) is 1. The van der Waals surface area contributed by atoms with Crippen LogP contribution in [-0.4, -0.2) is 58.8 Å². The maximum Gasteiger partial charge on any atom is 0.451 e. The summed E-state index contributed by atoms with van der Waals surface area (Å²) < 4.78 is 0. The lowest BCUT2D eigenvalue weighted by Gasteiger charge is -2.45. The van der Waals surface area contributed by atoms with E-state index in [2.05, 4.69) is 34.5 Å². The molecular weight excluding hydrogens is 367 g/mol. The van der Waals surface area contributed by atoms with Gasteiger partial charge in [-0.05, 0) is 82.0 Å². The number of fused-ring (bicyclic) bond motifs is 1. The van der Waals surface area contributed by atoms with Crippen LogP contribution in [0.15, 0.2) is 24.3 Å². The Hall–Kier alpha value is -1.41. The highest BCUT2D eigenvalue weighted by Gasteiger charge is 2.45. The van der Waals surface area contributed by atoms with Crippen molar-refractivity contribution in [1.29, 1.82) is 0 Å². The average molecular weight is 402 g/mol. The van der Waals surface area contributed by atoms with Crippen LogP contribution in [0, 0.1) is 5.92 Å². The quantitative estimate of drug-likeness (QED) is 0.375. The van der Waals surface area contributed by atoms with Gasteiger partial charge in [-0.2, -0.15) is 0 Å². The highest BCUT2D eigenvalue weighted by molar-refractivity contribution is 6.40. The summed E-state index contributed by atoms with van der Waals surface area (Å²) >= 11 is 0. The molecule has 1 aliphatic heterocycles. The van der Waals surface area contributed by atoms with E-state index >= 15 is 0 Å². The number of carboxylic acids is 1. The number of aliphatic carboxylic acids is 1. The lowest BCUT2D eigenvalue weighted by molar-refractivity contribution is -0.149. The van der Waals surface area contributed by atoms with Gasteiger partial charge in [-0.15, -0.1) is 0 Å². The van der Waals surface area contributed by atoms with Crippen molar-refractivity contribution in [3.8, 4) is 0 Å². The van der Waals surface area contributed by atoms with E-state index < -0.39 is 18.6 Å². The molecule has 1 unspecified atom stereocenters. The van der Waals surface area contributed by atoms with E-state index in [-0.39, 0.29) is 5.92 Å². The molecule has 4 N–H and O–H groups in total. The smallest absolute Gasteiger partial charge is 0.451 e. The number of nitrogens with one attached hydrogen (secondary N) is 1. The summed E-state index contributed by atoms with van der Waals surface area (Å²) in [6.07, 6.45) is 7.39. The number of aryl methyl sites for hydroxylation is 1. The van der Waals surface area contributed by atoms with Crippen LogP contribution in [0.3, 0.4) is 0 Å². The van der Waals surface area contributed by atoms with E-state index in [0.717, 1.165) is 32.4 Å². The molecule has 3 rings (SSSR count). The van der Waals surface area contributed by atoms with E-state index in [4.69, 9.17) is 10.0 Å². The number of benzene rings is 1. The zero-order valence-corrected chi connectivity index (χ0v) is 17.5. The van der Waals surface area contributed by atoms with Gasteiger partial charge < -0.3 is 20.5 Å². The fourth-order valence-electron chi connectivity index (χ4n) is 5.46. The summed E-state index contributed by atoms with van der Waals surface area (Å²) in [5.41, 5.74) is 1.99. The van der Waals surface area contributed by atoms with Gasteiger partial charge in [-0.3, -0.25) is 9.69 Å². The maximum atomic E-state index is 12.3. The highest BCUT2D eigenvalue weighted by Crippen LogP contribution is 2.39. The first-order chi connectivity index (χ1) is 14.0. The largest absolute Gasteiger partial charge is 0.480 e. The first-order valence-electron chi connectivity index (χ1n) is 11.1. The summed E-state index contributed by atoms with van der Waals surface area (Å²) in [5, 5.41) is 31.3. The number of piperidine rings is 1. The number of nitrogens with zero attached hydrogens (tertiary/aromatic N) is 1. The molecule has 0 spiro atoms. The summed E-state index contributed by atoms with van der Waals surface area (Å²) in [5.74, 6) is -0.704. The zero-order chi connectivity index (χ0) is 20.9. The molecule has 2 aliphatic rings. The van der Waals surface area contributed by atoms with Crippen LogP contribution in [0.25, 0.3) is 0 Å². The van der Waals surface area contributed by atoms with Gasteiger partial charge in [-0.1, -0.05) is 37.1 Å². The van der Waals surface area contributed by atoms with Gasteiger partial charge in [0.2, 0.25) is 0 Å². The standard InChI is InChI=1S/C22H35BN2O4/c1-24-22(21(26)27,13-4-5-14-23(28)29)18-11-15-25(16-12-18)20-10-6-8-17-7-2-3-9-19(17)20/h2-3,7,9,18,20,24,28-29H,4-6,8,10-16H2,1H3,(H,26,27)/t20?,22-/m1/s1. The Morgan fingerprint density at radius 1 is 1.21 bits per heavy atom. The Morgan fingerprint density at radius 2 is 1.93 bits per heavy atom. The number of likely N-dealkylation sites (N-methyl/N-ethyl adjacent to an activating group) is 1. The van der Waals surface area contributed by atoms with Gasteiger partial charge in [0.05, 0.1) is 0 Å². The van der Waals surface area contributed by atoms with Crippen molar-refractivity contribution in [2.24, 2.45) is 5.92 Å². The molecule has 1 fully saturated rings. The van der Waals surface area contributed by atoms with Crippen LogP contribution < -0.4 is 5.32 Å². The van der Waals surface area contributed by atoms with E-state index in [1.54, 1.807) is 7.05 Å². The second kappa shape index (κ2) is 10.1. The Kier molecular flexibility index (Phi) is 7.74. The maximum absolute atomic E-state index is 12.3. The Labute approximate surface area is 174 Å². The number of hydrogen-bond donors (Lipinski definition) is 4. The van der Waals surface area contributed by atoms with Crippen molar-refractivity contribution in [3.63, 3.8) is 0 Å². The van der Waals surface area contributed by atoms with Gasteiger partial charge in [0, 0.05) is 6.04 Å². The van der Waals surface area contributed by atoms with Crippen molar-refractivity contribution in [1.82, 2.24) is 10.2 Å². The van der Waals surface area contributed by atoms with Gasteiger partial charge in [0.25, 0.3) is 0 Å². The predicted molar refractivity (Wildman–Crippen MR) is 115 cm³/mol. The molecule has 6 nitrogen and oxygen atoms in total. The number of likely N-dealkylation sites (tertiary alicyclic amines) is 1. The minimum Gasteiger partial charge on any atom is -0.480 e. The van der Waals surface area contributed by atoms with Crippen LogP contribution in [-0.2, 0) is 11.2 Å². The van der Waals surface area contributed by atoms with Crippen LogP contribution in [0.5, 0.6) is 0 Å².